The summed E-state index contributed by atoms with van der Waals surface area (Å²) in [7, 11) is 3.48. The van der Waals surface area contributed by atoms with Crippen LogP contribution in [0, 0.1) is 11.8 Å². The van der Waals surface area contributed by atoms with Gasteiger partial charge in [-0.2, -0.15) is 0 Å². The average molecular weight is 721 g/mol. The molecule has 296 valence electrons. The Kier molecular flexibility index (Phi) is 26.3. The smallest absolute Gasteiger partial charge is 0.311 e. The fraction of sp³-hybridized carbons (Fsp3) is 0.729. The summed E-state index contributed by atoms with van der Waals surface area (Å²) < 4.78 is 17.2. The molecule has 2 rings (SSSR count). The summed E-state index contributed by atoms with van der Waals surface area (Å²) in [5.74, 6) is 3.98. The van der Waals surface area contributed by atoms with E-state index in [0.29, 0.717) is 12.3 Å². The molecule has 0 aliphatic heterocycles. The molecule has 4 nitrogen and oxygen atoms in total. The molecule has 0 radical (unpaired) electrons. The zero-order valence-corrected chi connectivity index (χ0v) is 34.8. The lowest BCUT2D eigenvalue weighted by Crippen LogP contribution is -2.10. The van der Waals surface area contributed by atoms with Crippen LogP contribution in [0.5, 0.6) is 17.2 Å². The van der Waals surface area contributed by atoms with Gasteiger partial charge < -0.3 is 14.2 Å². The average Bonchev–Trinajstić information content (AvgIpc) is 3.12. The first-order valence-electron chi connectivity index (χ1n) is 21.9. The number of ether oxygens (including phenoxy) is 3. The summed E-state index contributed by atoms with van der Waals surface area (Å²) in [5, 5.41) is 0. The van der Waals surface area contributed by atoms with Crippen LogP contribution in [0.2, 0.25) is 0 Å². The van der Waals surface area contributed by atoms with Gasteiger partial charge >= 0.3 is 5.97 Å². The monoisotopic (exact) mass is 721 g/mol. The predicted octanol–water partition coefficient (Wildman–Crippen LogP) is 14.6. The molecule has 0 bridgehead atoms. The molecule has 0 saturated carbocycles. The molecule has 2 aromatic carbocycles. The molecular formula is C48H80O4. The first-order valence-corrected chi connectivity index (χ1v) is 21.9. The number of carbonyl (C=O) groups is 1. The van der Waals surface area contributed by atoms with Crippen LogP contribution in [-0.2, 0) is 24.1 Å². The van der Waals surface area contributed by atoms with E-state index in [0.717, 1.165) is 67.3 Å². The molecule has 0 amide bonds. The molecule has 4 heteroatoms. The fourth-order valence-corrected chi connectivity index (χ4v) is 7.30. The second-order valence-corrected chi connectivity index (χ2v) is 16.4. The SMILES string of the molecule is COc1ccc(CCCCCCCCCCCCCCCCC(=O)Oc2cc(CCCC(C)C)cc(OC)c2CCCCCCCCC(C)C)cc1. The minimum atomic E-state index is -0.0926. The zero-order chi connectivity index (χ0) is 37.7. The van der Waals surface area contributed by atoms with Crippen molar-refractivity contribution in [3.63, 3.8) is 0 Å². The third-order valence-corrected chi connectivity index (χ3v) is 10.6. The molecular weight excluding hydrogens is 641 g/mol. The molecule has 0 fully saturated rings. The number of carbonyl (C=O) groups excluding carboxylic acids is 1. The van der Waals surface area contributed by atoms with Gasteiger partial charge in [0, 0.05) is 12.0 Å². The highest BCUT2D eigenvalue weighted by Crippen LogP contribution is 2.34. The van der Waals surface area contributed by atoms with E-state index in [9.17, 15) is 4.79 Å². The number of hydrogen-bond acceptors (Lipinski definition) is 4. The lowest BCUT2D eigenvalue weighted by molar-refractivity contribution is -0.134. The second-order valence-electron chi connectivity index (χ2n) is 16.4. The highest BCUT2D eigenvalue weighted by molar-refractivity contribution is 5.73. The third kappa shape index (κ3) is 22.5. The first-order chi connectivity index (χ1) is 25.3. The van der Waals surface area contributed by atoms with E-state index in [1.54, 1.807) is 14.2 Å². The van der Waals surface area contributed by atoms with Crippen molar-refractivity contribution in [2.75, 3.05) is 14.2 Å². The summed E-state index contributed by atoms with van der Waals surface area (Å²) in [5.41, 5.74) is 3.71. The number of aryl methyl sites for hydroxylation is 2. The highest BCUT2D eigenvalue weighted by Gasteiger charge is 2.16. The van der Waals surface area contributed by atoms with Gasteiger partial charge in [-0.05, 0) is 92.2 Å². The highest BCUT2D eigenvalue weighted by atomic mass is 16.5. The number of unbranched alkanes of at least 4 members (excludes halogenated alkanes) is 18. The standard InChI is InChI=1S/C48H80O4/c1-40(2)28-23-19-17-18-21-25-32-45-46(51-6)38-43(31-27-29-41(3)4)39-47(45)52-48(49)33-26-22-16-14-12-10-8-7-9-11-13-15-20-24-30-42-34-36-44(50-5)37-35-42/h34-41H,7-33H2,1-6H3. The number of methoxy groups -OCH3 is 2. The van der Waals surface area contributed by atoms with E-state index in [1.165, 1.54) is 140 Å². The van der Waals surface area contributed by atoms with E-state index < -0.39 is 0 Å². The largest absolute Gasteiger partial charge is 0.497 e. The van der Waals surface area contributed by atoms with Crippen LogP contribution in [0.25, 0.3) is 0 Å². The van der Waals surface area contributed by atoms with Crippen LogP contribution < -0.4 is 14.2 Å². The van der Waals surface area contributed by atoms with Gasteiger partial charge in [0.1, 0.15) is 17.2 Å². The maximum atomic E-state index is 13.0. The Labute approximate surface area is 321 Å². The van der Waals surface area contributed by atoms with Crippen molar-refractivity contribution in [1.82, 2.24) is 0 Å². The van der Waals surface area contributed by atoms with Gasteiger partial charge in [0.15, 0.2) is 0 Å². The van der Waals surface area contributed by atoms with Gasteiger partial charge in [-0.3, -0.25) is 4.79 Å². The minimum absolute atomic E-state index is 0.0926. The fourth-order valence-electron chi connectivity index (χ4n) is 7.30. The molecule has 52 heavy (non-hydrogen) atoms. The quantitative estimate of drug-likeness (QED) is 0.0418. The van der Waals surface area contributed by atoms with Gasteiger partial charge in [-0.1, -0.05) is 162 Å². The van der Waals surface area contributed by atoms with Crippen LogP contribution >= 0.6 is 0 Å². The van der Waals surface area contributed by atoms with Gasteiger partial charge in [-0.25, -0.2) is 0 Å². The van der Waals surface area contributed by atoms with E-state index >= 15 is 0 Å². The van der Waals surface area contributed by atoms with Crippen LogP contribution in [-0.4, -0.2) is 20.2 Å². The van der Waals surface area contributed by atoms with Gasteiger partial charge in [-0.15, -0.1) is 0 Å². The summed E-state index contributed by atoms with van der Waals surface area (Å²) in [6.45, 7) is 9.18. The van der Waals surface area contributed by atoms with Crippen molar-refractivity contribution in [1.29, 1.82) is 0 Å². The Hall–Kier alpha value is -2.49. The molecule has 0 heterocycles. The van der Waals surface area contributed by atoms with Crippen LogP contribution in [0.4, 0.5) is 0 Å². The number of hydrogen-bond donors (Lipinski definition) is 0. The minimum Gasteiger partial charge on any atom is -0.497 e. The maximum Gasteiger partial charge on any atom is 0.311 e. The van der Waals surface area contributed by atoms with Gasteiger partial charge in [0.05, 0.1) is 14.2 Å². The number of esters is 1. The molecule has 0 aliphatic rings. The summed E-state index contributed by atoms with van der Waals surface area (Å²) in [6.07, 6.45) is 32.9. The molecule has 0 aromatic heterocycles. The topological polar surface area (TPSA) is 44.8 Å². The normalized spacial score (nSPS) is 11.5. The van der Waals surface area contributed by atoms with Crippen molar-refractivity contribution in [2.45, 2.75) is 201 Å². The van der Waals surface area contributed by atoms with Crippen LogP contribution in [0.1, 0.15) is 198 Å². The van der Waals surface area contributed by atoms with Crippen molar-refractivity contribution >= 4 is 5.97 Å². The van der Waals surface area contributed by atoms with Gasteiger partial charge in [0.2, 0.25) is 0 Å². The lowest BCUT2D eigenvalue weighted by Gasteiger charge is -2.17. The van der Waals surface area contributed by atoms with Crippen molar-refractivity contribution in [3.8, 4) is 17.2 Å². The molecule has 0 atom stereocenters. The molecule has 0 saturated heterocycles. The van der Waals surface area contributed by atoms with E-state index in [2.05, 4.69) is 64.1 Å². The Bertz CT molecular complexity index is 1150. The zero-order valence-electron chi connectivity index (χ0n) is 34.8. The number of rotatable bonds is 33. The van der Waals surface area contributed by atoms with Gasteiger partial charge in [0.25, 0.3) is 0 Å². The molecule has 0 spiro atoms. The van der Waals surface area contributed by atoms with Crippen molar-refractivity contribution in [3.05, 3.63) is 53.1 Å². The summed E-state index contributed by atoms with van der Waals surface area (Å²) in [6, 6.07) is 12.8. The summed E-state index contributed by atoms with van der Waals surface area (Å²) in [4.78, 5) is 13.0. The predicted molar refractivity (Wildman–Crippen MR) is 223 cm³/mol. The third-order valence-electron chi connectivity index (χ3n) is 10.6. The van der Waals surface area contributed by atoms with Crippen molar-refractivity contribution < 1.29 is 19.0 Å². The lowest BCUT2D eigenvalue weighted by atomic mass is 9.97. The molecule has 0 unspecified atom stereocenters. The van der Waals surface area contributed by atoms with E-state index in [1.807, 2.05) is 0 Å². The molecule has 0 N–H and O–H groups in total. The molecule has 0 aliphatic carbocycles. The van der Waals surface area contributed by atoms with Crippen LogP contribution in [0.3, 0.4) is 0 Å². The maximum absolute atomic E-state index is 13.0. The Morgan fingerprint density at radius 1 is 0.481 bits per heavy atom. The van der Waals surface area contributed by atoms with E-state index in [4.69, 9.17) is 14.2 Å². The summed E-state index contributed by atoms with van der Waals surface area (Å²) >= 11 is 0. The Morgan fingerprint density at radius 3 is 1.44 bits per heavy atom. The Balaban J connectivity index is 1.59. The van der Waals surface area contributed by atoms with E-state index in [-0.39, 0.29) is 5.97 Å². The molecule has 2 aromatic rings. The second kappa shape index (κ2) is 29.9. The Morgan fingerprint density at radius 2 is 0.923 bits per heavy atom. The van der Waals surface area contributed by atoms with Crippen molar-refractivity contribution in [2.24, 2.45) is 11.8 Å². The van der Waals surface area contributed by atoms with Crippen LogP contribution in [0.15, 0.2) is 36.4 Å². The first kappa shape index (κ1) is 45.7. The number of benzene rings is 2.